The van der Waals surface area contributed by atoms with Crippen LogP contribution in [0.3, 0.4) is 0 Å². The molecule has 0 aromatic heterocycles. The van der Waals surface area contributed by atoms with Crippen molar-refractivity contribution in [3.63, 3.8) is 0 Å². The number of likely N-dealkylation sites (N-methyl/N-ethyl adjacent to an activating group) is 1. The Morgan fingerprint density at radius 2 is 1.79 bits per heavy atom. The standard InChI is InChI=1S/C12H26N2/c1-10(2)14-9-12(13-3)11-7-5-4-6-8-11/h10-14H,4-9H2,1-3H3. The summed E-state index contributed by atoms with van der Waals surface area (Å²) in [6.07, 6.45) is 7.16. The molecule has 1 fully saturated rings. The Morgan fingerprint density at radius 1 is 1.14 bits per heavy atom. The van der Waals surface area contributed by atoms with E-state index in [4.69, 9.17) is 0 Å². The van der Waals surface area contributed by atoms with Crippen molar-refractivity contribution in [1.29, 1.82) is 0 Å². The van der Waals surface area contributed by atoms with Gasteiger partial charge in [-0.15, -0.1) is 0 Å². The molecular weight excluding hydrogens is 172 g/mol. The number of rotatable bonds is 5. The first-order valence-electron chi connectivity index (χ1n) is 6.14. The summed E-state index contributed by atoms with van der Waals surface area (Å²) in [5.74, 6) is 0.903. The van der Waals surface area contributed by atoms with Gasteiger partial charge in [0.25, 0.3) is 0 Å². The van der Waals surface area contributed by atoms with Crippen molar-refractivity contribution in [1.82, 2.24) is 10.6 Å². The predicted octanol–water partition coefficient (Wildman–Crippen LogP) is 2.15. The third kappa shape index (κ3) is 3.97. The molecule has 1 unspecified atom stereocenters. The molecule has 0 amide bonds. The summed E-state index contributed by atoms with van der Waals surface area (Å²) in [6.45, 7) is 5.56. The lowest BCUT2D eigenvalue weighted by Gasteiger charge is -2.30. The highest BCUT2D eigenvalue weighted by molar-refractivity contribution is 4.80. The Morgan fingerprint density at radius 3 is 2.29 bits per heavy atom. The van der Waals surface area contributed by atoms with Crippen LogP contribution in [0.2, 0.25) is 0 Å². The van der Waals surface area contributed by atoms with E-state index in [9.17, 15) is 0 Å². The topological polar surface area (TPSA) is 24.1 Å². The van der Waals surface area contributed by atoms with Crippen LogP contribution in [0.5, 0.6) is 0 Å². The van der Waals surface area contributed by atoms with Gasteiger partial charge in [-0.2, -0.15) is 0 Å². The molecule has 0 aromatic carbocycles. The van der Waals surface area contributed by atoms with Crippen molar-refractivity contribution in [2.45, 2.75) is 58.0 Å². The molecule has 0 saturated heterocycles. The highest BCUT2D eigenvalue weighted by Crippen LogP contribution is 2.26. The lowest BCUT2D eigenvalue weighted by molar-refractivity contribution is 0.268. The highest BCUT2D eigenvalue weighted by Gasteiger charge is 2.21. The van der Waals surface area contributed by atoms with Crippen LogP contribution in [0, 0.1) is 5.92 Å². The summed E-state index contributed by atoms with van der Waals surface area (Å²) in [5.41, 5.74) is 0. The fourth-order valence-corrected chi connectivity index (χ4v) is 2.40. The number of nitrogens with one attached hydrogen (secondary N) is 2. The zero-order valence-electron chi connectivity index (χ0n) is 9.97. The molecule has 1 saturated carbocycles. The van der Waals surface area contributed by atoms with E-state index in [1.165, 1.54) is 32.1 Å². The molecule has 1 aliphatic carbocycles. The molecule has 1 aliphatic rings. The van der Waals surface area contributed by atoms with Gasteiger partial charge < -0.3 is 10.6 Å². The average molecular weight is 198 g/mol. The molecule has 0 radical (unpaired) electrons. The van der Waals surface area contributed by atoms with Gasteiger partial charge in [0.15, 0.2) is 0 Å². The monoisotopic (exact) mass is 198 g/mol. The van der Waals surface area contributed by atoms with Gasteiger partial charge in [0, 0.05) is 18.6 Å². The van der Waals surface area contributed by atoms with Crippen LogP contribution < -0.4 is 10.6 Å². The van der Waals surface area contributed by atoms with Gasteiger partial charge in [-0.3, -0.25) is 0 Å². The van der Waals surface area contributed by atoms with Crippen molar-refractivity contribution in [3.8, 4) is 0 Å². The van der Waals surface area contributed by atoms with Crippen molar-refractivity contribution in [2.75, 3.05) is 13.6 Å². The lowest BCUT2D eigenvalue weighted by atomic mass is 9.84. The maximum absolute atomic E-state index is 3.53. The van der Waals surface area contributed by atoms with E-state index in [-0.39, 0.29) is 0 Å². The van der Waals surface area contributed by atoms with E-state index in [2.05, 4.69) is 31.5 Å². The second-order valence-corrected chi connectivity index (χ2v) is 4.86. The van der Waals surface area contributed by atoms with E-state index in [1.54, 1.807) is 0 Å². The zero-order chi connectivity index (χ0) is 10.4. The Bertz CT molecular complexity index is 139. The molecule has 84 valence electrons. The van der Waals surface area contributed by atoms with Crippen molar-refractivity contribution >= 4 is 0 Å². The van der Waals surface area contributed by atoms with E-state index >= 15 is 0 Å². The Hall–Kier alpha value is -0.0800. The molecule has 14 heavy (non-hydrogen) atoms. The maximum atomic E-state index is 3.53. The Kier molecular flexibility index (Phi) is 5.49. The first-order chi connectivity index (χ1) is 6.74. The first-order valence-corrected chi connectivity index (χ1v) is 6.14. The van der Waals surface area contributed by atoms with Crippen molar-refractivity contribution in [2.24, 2.45) is 5.92 Å². The summed E-state index contributed by atoms with van der Waals surface area (Å²) < 4.78 is 0. The summed E-state index contributed by atoms with van der Waals surface area (Å²) in [4.78, 5) is 0. The average Bonchev–Trinajstić information content (AvgIpc) is 2.20. The molecule has 0 heterocycles. The van der Waals surface area contributed by atoms with E-state index in [0.717, 1.165) is 12.5 Å². The van der Waals surface area contributed by atoms with Crippen LogP contribution in [0.15, 0.2) is 0 Å². The summed E-state index contributed by atoms with van der Waals surface area (Å²) >= 11 is 0. The van der Waals surface area contributed by atoms with Gasteiger partial charge in [0.2, 0.25) is 0 Å². The van der Waals surface area contributed by atoms with Crippen molar-refractivity contribution in [3.05, 3.63) is 0 Å². The molecule has 1 rings (SSSR count). The highest BCUT2D eigenvalue weighted by atomic mass is 15.0. The fourth-order valence-electron chi connectivity index (χ4n) is 2.40. The quantitative estimate of drug-likeness (QED) is 0.707. The predicted molar refractivity (Wildman–Crippen MR) is 62.6 cm³/mol. The van der Waals surface area contributed by atoms with Gasteiger partial charge in [-0.05, 0) is 25.8 Å². The third-order valence-corrected chi connectivity index (χ3v) is 3.34. The summed E-state index contributed by atoms with van der Waals surface area (Å²) in [7, 11) is 2.10. The Balaban J connectivity index is 2.28. The zero-order valence-corrected chi connectivity index (χ0v) is 9.97. The smallest absolute Gasteiger partial charge is 0.0217 e. The van der Waals surface area contributed by atoms with Crippen molar-refractivity contribution < 1.29 is 0 Å². The van der Waals surface area contributed by atoms with Crippen LogP contribution in [-0.4, -0.2) is 25.7 Å². The summed E-state index contributed by atoms with van der Waals surface area (Å²) in [5, 5.41) is 7.00. The van der Waals surface area contributed by atoms with Crippen LogP contribution in [-0.2, 0) is 0 Å². The largest absolute Gasteiger partial charge is 0.315 e. The van der Waals surface area contributed by atoms with Gasteiger partial charge in [0.05, 0.1) is 0 Å². The normalized spacial score (nSPS) is 21.4. The fraction of sp³-hybridized carbons (Fsp3) is 1.00. The van der Waals surface area contributed by atoms with Gasteiger partial charge >= 0.3 is 0 Å². The second-order valence-electron chi connectivity index (χ2n) is 4.86. The Labute approximate surface area is 88.8 Å². The molecule has 1 atom stereocenters. The van der Waals surface area contributed by atoms with Crippen LogP contribution in [0.25, 0.3) is 0 Å². The maximum Gasteiger partial charge on any atom is 0.0217 e. The van der Waals surface area contributed by atoms with E-state index in [1.807, 2.05) is 0 Å². The molecule has 0 spiro atoms. The minimum atomic E-state index is 0.606. The van der Waals surface area contributed by atoms with Gasteiger partial charge in [0.1, 0.15) is 0 Å². The third-order valence-electron chi connectivity index (χ3n) is 3.34. The van der Waals surface area contributed by atoms with Gasteiger partial charge in [-0.25, -0.2) is 0 Å². The first kappa shape index (κ1) is 12.0. The lowest BCUT2D eigenvalue weighted by Crippen LogP contribution is -2.44. The van der Waals surface area contributed by atoms with Crippen LogP contribution >= 0.6 is 0 Å². The van der Waals surface area contributed by atoms with Crippen LogP contribution in [0.4, 0.5) is 0 Å². The van der Waals surface area contributed by atoms with Gasteiger partial charge in [-0.1, -0.05) is 33.1 Å². The minimum Gasteiger partial charge on any atom is -0.315 e. The van der Waals surface area contributed by atoms with Crippen LogP contribution in [0.1, 0.15) is 46.0 Å². The molecule has 2 N–H and O–H groups in total. The molecule has 0 aliphatic heterocycles. The molecule has 0 aromatic rings. The summed E-state index contributed by atoms with van der Waals surface area (Å²) in [6, 6.07) is 1.28. The molecule has 2 nitrogen and oxygen atoms in total. The number of hydrogen-bond acceptors (Lipinski definition) is 2. The number of hydrogen-bond donors (Lipinski definition) is 2. The van der Waals surface area contributed by atoms with E-state index < -0.39 is 0 Å². The SMILES string of the molecule is CNC(CNC(C)C)C1CCCCC1. The second kappa shape index (κ2) is 6.41. The van der Waals surface area contributed by atoms with E-state index in [0.29, 0.717) is 12.1 Å². The minimum absolute atomic E-state index is 0.606. The molecular formula is C12H26N2. The molecule has 2 heteroatoms. The molecule has 0 bridgehead atoms.